The molecule has 0 heterocycles. The fourth-order valence-corrected chi connectivity index (χ4v) is 2.45. The van der Waals surface area contributed by atoms with E-state index in [4.69, 9.17) is 9.81 Å². The quantitative estimate of drug-likeness (QED) is 0.273. The van der Waals surface area contributed by atoms with Crippen LogP contribution in [-0.2, 0) is 14.9 Å². The first kappa shape index (κ1) is 19.0. The predicted molar refractivity (Wildman–Crippen MR) is 95.0 cm³/mol. The zero-order chi connectivity index (χ0) is 19.3. The van der Waals surface area contributed by atoms with Gasteiger partial charge in [0.1, 0.15) is 17.4 Å². The van der Waals surface area contributed by atoms with Crippen molar-refractivity contribution in [3.05, 3.63) is 59.8 Å². The van der Waals surface area contributed by atoms with Crippen molar-refractivity contribution in [1.82, 2.24) is 0 Å². The topological polar surface area (TPSA) is 140 Å². The van der Waals surface area contributed by atoms with Crippen molar-refractivity contribution in [2.45, 2.75) is 11.8 Å². The highest BCUT2D eigenvalue weighted by Gasteiger charge is 2.12. The minimum atomic E-state index is -4.33. The number of phenolic OH excluding ortho intramolecular Hbond substituents is 1. The summed E-state index contributed by atoms with van der Waals surface area (Å²) in [5.74, 6) is -0.758. The molecule has 0 unspecified atom stereocenters. The van der Waals surface area contributed by atoms with Crippen molar-refractivity contribution in [3.63, 3.8) is 0 Å². The van der Waals surface area contributed by atoms with Crippen molar-refractivity contribution >= 4 is 27.4 Å². The summed E-state index contributed by atoms with van der Waals surface area (Å²) in [4.78, 5) is 11.8. The maximum absolute atomic E-state index is 12.1. The number of aromatic hydroxyl groups is 1. The summed E-state index contributed by atoms with van der Waals surface area (Å²) in [5.41, 5.74) is 1.16. The molecule has 4 N–H and O–H groups in total. The molecule has 0 atom stereocenters. The van der Waals surface area contributed by atoms with E-state index in [9.17, 15) is 18.3 Å². The smallest absolute Gasteiger partial charge is 0.294 e. The molecule has 9 heteroatoms. The van der Waals surface area contributed by atoms with E-state index in [0.29, 0.717) is 5.69 Å². The Balaban J connectivity index is 2.12. The second-order valence-electron chi connectivity index (χ2n) is 5.29. The number of rotatable bonds is 5. The molecular formula is C17H15N3O5S. The van der Waals surface area contributed by atoms with Crippen molar-refractivity contribution in [1.29, 1.82) is 5.26 Å². The second kappa shape index (κ2) is 7.69. The number of benzene rings is 2. The van der Waals surface area contributed by atoms with Crippen LogP contribution in [0.25, 0.3) is 0 Å². The van der Waals surface area contributed by atoms with E-state index in [0.717, 1.165) is 23.9 Å². The molecule has 0 aliphatic rings. The van der Waals surface area contributed by atoms with Gasteiger partial charge in [-0.1, -0.05) is 6.07 Å². The number of nitrogens with one attached hydrogen (secondary N) is 2. The highest BCUT2D eigenvalue weighted by Crippen LogP contribution is 2.24. The molecule has 8 nitrogen and oxygen atoms in total. The molecule has 134 valence electrons. The lowest BCUT2D eigenvalue weighted by atomic mass is 10.2. The van der Waals surface area contributed by atoms with Crippen LogP contribution in [-0.4, -0.2) is 24.0 Å². The number of amides is 1. The van der Waals surface area contributed by atoms with Gasteiger partial charge in [-0.15, -0.1) is 0 Å². The van der Waals surface area contributed by atoms with E-state index < -0.39 is 16.0 Å². The van der Waals surface area contributed by atoms with Gasteiger partial charge in [0.2, 0.25) is 0 Å². The van der Waals surface area contributed by atoms with Crippen LogP contribution in [0.1, 0.15) is 5.56 Å². The third-order valence-corrected chi connectivity index (χ3v) is 4.17. The molecule has 2 rings (SSSR count). The SMILES string of the molecule is Cc1ccc(N/C=C(/C#N)C(=O)Nc2ccc(S(=O)(=O)O)cc2)c(O)c1. The molecule has 0 aromatic heterocycles. The van der Waals surface area contributed by atoms with E-state index in [1.807, 2.05) is 0 Å². The van der Waals surface area contributed by atoms with Gasteiger partial charge in [-0.2, -0.15) is 13.7 Å². The molecule has 0 bridgehead atoms. The van der Waals surface area contributed by atoms with E-state index in [1.165, 1.54) is 18.2 Å². The third-order valence-electron chi connectivity index (χ3n) is 3.30. The van der Waals surface area contributed by atoms with Crippen molar-refractivity contribution in [2.24, 2.45) is 0 Å². The summed E-state index contributed by atoms with van der Waals surface area (Å²) < 4.78 is 30.9. The Kier molecular flexibility index (Phi) is 5.61. The maximum atomic E-state index is 12.1. The number of nitrogens with zero attached hydrogens (tertiary/aromatic N) is 1. The number of anilines is 2. The molecule has 2 aromatic carbocycles. The minimum Gasteiger partial charge on any atom is -0.506 e. The van der Waals surface area contributed by atoms with E-state index >= 15 is 0 Å². The Hall–Kier alpha value is -3.35. The molecule has 0 aliphatic carbocycles. The summed E-state index contributed by atoms with van der Waals surface area (Å²) >= 11 is 0. The molecular weight excluding hydrogens is 358 g/mol. The Morgan fingerprint density at radius 1 is 1.19 bits per heavy atom. The molecule has 1 amide bonds. The highest BCUT2D eigenvalue weighted by atomic mass is 32.2. The largest absolute Gasteiger partial charge is 0.506 e. The van der Waals surface area contributed by atoms with Gasteiger partial charge in [0.05, 0.1) is 10.6 Å². The monoisotopic (exact) mass is 373 g/mol. The van der Waals surface area contributed by atoms with Gasteiger partial charge in [0, 0.05) is 11.9 Å². The third kappa shape index (κ3) is 4.83. The standard InChI is InChI=1S/C17H15N3O5S/c1-11-2-7-15(16(21)8-11)19-10-12(9-18)17(22)20-13-3-5-14(6-4-13)26(23,24)25/h2-8,10,19,21H,1H3,(H,20,22)(H,23,24,25)/b12-10-. The van der Waals surface area contributed by atoms with E-state index in [1.54, 1.807) is 25.1 Å². The Morgan fingerprint density at radius 2 is 1.85 bits per heavy atom. The summed E-state index contributed by atoms with van der Waals surface area (Å²) in [6.07, 6.45) is 1.15. The highest BCUT2D eigenvalue weighted by molar-refractivity contribution is 7.85. The minimum absolute atomic E-state index is 0.0280. The van der Waals surface area contributed by atoms with Gasteiger partial charge in [-0.3, -0.25) is 9.35 Å². The van der Waals surface area contributed by atoms with Crippen LogP contribution >= 0.6 is 0 Å². The lowest BCUT2D eigenvalue weighted by Gasteiger charge is -2.07. The average molecular weight is 373 g/mol. The van der Waals surface area contributed by atoms with Crippen molar-refractivity contribution in [3.8, 4) is 11.8 Å². The molecule has 0 saturated heterocycles. The predicted octanol–water partition coefficient (Wildman–Crippen LogP) is 2.41. The summed E-state index contributed by atoms with van der Waals surface area (Å²) in [7, 11) is -4.33. The van der Waals surface area contributed by atoms with Gasteiger partial charge >= 0.3 is 0 Å². The second-order valence-corrected chi connectivity index (χ2v) is 6.71. The van der Waals surface area contributed by atoms with Crippen LogP contribution in [0.5, 0.6) is 5.75 Å². The van der Waals surface area contributed by atoms with Crippen LogP contribution in [0.4, 0.5) is 11.4 Å². The number of hydrogen-bond donors (Lipinski definition) is 4. The van der Waals surface area contributed by atoms with E-state index in [-0.39, 0.29) is 21.9 Å². The first-order chi connectivity index (χ1) is 12.2. The van der Waals surface area contributed by atoms with Gasteiger partial charge in [0.25, 0.3) is 16.0 Å². The van der Waals surface area contributed by atoms with Gasteiger partial charge < -0.3 is 15.7 Å². The number of hydrogen-bond acceptors (Lipinski definition) is 6. The molecule has 0 saturated carbocycles. The normalized spacial score (nSPS) is 11.5. The fourth-order valence-electron chi connectivity index (χ4n) is 1.97. The van der Waals surface area contributed by atoms with Gasteiger partial charge in [-0.25, -0.2) is 0 Å². The number of nitriles is 1. The van der Waals surface area contributed by atoms with Gasteiger partial charge in [-0.05, 0) is 48.9 Å². The lowest BCUT2D eigenvalue weighted by Crippen LogP contribution is -2.14. The number of carbonyl (C=O) groups is 1. The van der Waals surface area contributed by atoms with Crippen molar-refractivity contribution in [2.75, 3.05) is 10.6 Å². The number of aryl methyl sites for hydroxylation is 1. The van der Waals surface area contributed by atoms with Crippen LogP contribution in [0.15, 0.2) is 59.1 Å². The molecule has 26 heavy (non-hydrogen) atoms. The molecule has 0 fully saturated rings. The Bertz CT molecular complexity index is 1010. The number of phenols is 1. The lowest BCUT2D eigenvalue weighted by molar-refractivity contribution is -0.112. The zero-order valence-electron chi connectivity index (χ0n) is 13.6. The summed E-state index contributed by atoms with van der Waals surface area (Å²) in [5, 5.41) is 24.0. The van der Waals surface area contributed by atoms with Crippen molar-refractivity contribution < 1.29 is 22.9 Å². The average Bonchev–Trinajstić information content (AvgIpc) is 2.56. The molecule has 2 aromatic rings. The van der Waals surface area contributed by atoms with Crippen LogP contribution in [0, 0.1) is 18.3 Å². The van der Waals surface area contributed by atoms with Crippen LogP contribution in [0.2, 0.25) is 0 Å². The summed E-state index contributed by atoms with van der Waals surface area (Å²) in [6.45, 7) is 1.81. The first-order valence-corrected chi connectivity index (χ1v) is 8.70. The summed E-state index contributed by atoms with van der Waals surface area (Å²) in [6, 6.07) is 11.4. The Morgan fingerprint density at radius 3 is 2.38 bits per heavy atom. The van der Waals surface area contributed by atoms with E-state index in [2.05, 4.69) is 10.6 Å². The maximum Gasteiger partial charge on any atom is 0.294 e. The molecule has 0 spiro atoms. The zero-order valence-corrected chi connectivity index (χ0v) is 14.4. The molecule has 0 aliphatic heterocycles. The number of carbonyl (C=O) groups excluding carboxylic acids is 1. The van der Waals surface area contributed by atoms with Gasteiger partial charge in [0.15, 0.2) is 0 Å². The molecule has 0 radical (unpaired) electrons. The fraction of sp³-hybridized carbons (Fsp3) is 0.0588. The van der Waals surface area contributed by atoms with Crippen LogP contribution < -0.4 is 10.6 Å². The Labute approximate surface area is 150 Å². The first-order valence-electron chi connectivity index (χ1n) is 7.26. The van der Waals surface area contributed by atoms with Crippen LogP contribution in [0.3, 0.4) is 0 Å².